The number of aliphatic hydroxyl groups excluding tert-OH is 2. The second kappa shape index (κ2) is 8.04. The Balaban J connectivity index is 1.63. The highest BCUT2D eigenvalue weighted by Crippen LogP contribution is 2.69. The van der Waals surface area contributed by atoms with E-state index < -0.39 is 0 Å². The second-order valence-corrected chi connectivity index (χ2v) is 11.8. The van der Waals surface area contributed by atoms with Crippen LogP contribution >= 0.6 is 0 Å². The molecule has 4 unspecified atom stereocenters. The van der Waals surface area contributed by atoms with Gasteiger partial charge in [-0.2, -0.15) is 0 Å². The van der Waals surface area contributed by atoms with Gasteiger partial charge in [0.1, 0.15) is 0 Å². The first-order valence-electron chi connectivity index (χ1n) is 12.5. The van der Waals surface area contributed by atoms with Crippen molar-refractivity contribution < 1.29 is 20.2 Å². The summed E-state index contributed by atoms with van der Waals surface area (Å²) in [5, 5.41) is 31.1. The van der Waals surface area contributed by atoms with Gasteiger partial charge in [0.25, 0.3) is 0 Å². The van der Waals surface area contributed by atoms with Crippen molar-refractivity contribution in [2.75, 3.05) is 0 Å². The van der Waals surface area contributed by atoms with Crippen molar-refractivity contribution in [2.24, 2.45) is 52.3 Å². The number of hydrogen-bond donors (Lipinski definition) is 4. The third-order valence-electron chi connectivity index (χ3n) is 10.8. The molecule has 11 atom stereocenters. The molecule has 4 N–H and O–H groups in total. The quantitative estimate of drug-likeness (QED) is 0.406. The van der Waals surface area contributed by atoms with E-state index in [9.17, 15) is 15.0 Å². The monoisotopic (exact) mass is 421 g/mol. The van der Waals surface area contributed by atoms with Crippen molar-refractivity contribution in [3.63, 3.8) is 0 Å². The molecule has 0 aromatic carbocycles. The molecular formula is C25H43NO4. The van der Waals surface area contributed by atoms with E-state index in [1.807, 2.05) is 5.48 Å². The maximum Gasteiger partial charge on any atom is 0.243 e. The van der Waals surface area contributed by atoms with Gasteiger partial charge >= 0.3 is 0 Å². The van der Waals surface area contributed by atoms with Crippen molar-refractivity contribution in [1.29, 1.82) is 0 Å². The number of carbonyl (C=O) groups is 1. The Morgan fingerprint density at radius 1 is 1.03 bits per heavy atom. The molecule has 30 heavy (non-hydrogen) atoms. The minimum atomic E-state index is -0.289. The second-order valence-electron chi connectivity index (χ2n) is 11.8. The van der Waals surface area contributed by atoms with Gasteiger partial charge in [-0.25, -0.2) is 5.48 Å². The zero-order valence-electron chi connectivity index (χ0n) is 19.3. The molecule has 0 saturated heterocycles. The largest absolute Gasteiger partial charge is 0.393 e. The lowest BCUT2D eigenvalue weighted by Crippen LogP contribution is -2.62. The number of carbonyl (C=O) groups excluding carboxylic acids is 1. The van der Waals surface area contributed by atoms with Gasteiger partial charge in [-0.3, -0.25) is 10.0 Å². The molecule has 0 bridgehead atoms. The van der Waals surface area contributed by atoms with Gasteiger partial charge < -0.3 is 10.2 Å². The van der Waals surface area contributed by atoms with Crippen LogP contribution < -0.4 is 5.48 Å². The fraction of sp³-hybridized carbons (Fsp3) is 0.960. The molecule has 4 aliphatic rings. The van der Waals surface area contributed by atoms with Crippen LogP contribution in [0.3, 0.4) is 0 Å². The van der Waals surface area contributed by atoms with Crippen LogP contribution in [0.4, 0.5) is 0 Å². The smallest absolute Gasteiger partial charge is 0.243 e. The Morgan fingerprint density at radius 3 is 2.37 bits per heavy atom. The average molecular weight is 422 g/mol. The van der Waals surface area contributed by atoms with E-state index in [0.717, 1.165) is 44.9 Å². The van der Waals surface area contributed by atoms with Gasteiger partial charge in [-0.1, -0.05) is 34.1 Å². The lowest BCUT2D eigenvalue weighted by atomic mass is 9.41. The molecule has 4 aliphatic carbocycles. The molecule has 0 aromatic heterocycles. The highest BCUT2D eigenvalue weighted by atomic mass is 16.5. The van der Waals surface area contributed by atoms with E-state index in [1.54, 1.807) is 0 Å². The highest BCUT2D eigenvalue weighted by molar-refractivity contribution is 5.74. The maximum absolute atomic E-state index is 11.8. The standard InChI is InChI=1S/C25H43NO4/c1-5-16-20-13-15(27)8-10-25(20,4)19-9-11-24(3)17(14(2)12-21(28)26-30)6-7-18(24)22(19)23(16)29/h14-20,22-23,27,29-30H,5-13H2,1-4H3,(H,26,28)/t14-,15-,16-,17?,18?,19?,20+,22?,23-,24-,25-/m1/s1. The summed E-state index contributed by atoms with van der Waals surface area (Å²) < 4.78 is 0. The van der Waals surface area contributed by atoms with Crippen LogP contribution in [0.2, 0.25) is 0 Å². The Bertz CT molecular complexity index is 655. The molecule has 5 nitrogen and oxygen atoms in total. The van der Waals surface area contributed by atoms with Gasteiger partial charge in [0.15, 0.2) is 0 Å². The number of fused-ring (bicyclic) bond motifs is 5. The summed E-state index contributed by atoms with van der Waals surface area (Å²) in [7, 11) is 0. The molecule has 0 heterocycles. The van der Waals surface area contributed by atoms with E-state index >= 15 is 0 Å². The van der Waals surface area contributed by atoms with Crippen LogP contribution in [-0.4, -0.2) is 33.5 Å². The minimum Gasteiger partial charge on any atom is -0.393 e. The van der Waals surface area contributed by atoms with Crippen LogP contribution in [0.25, 0.3) is 0 Å². The Morgan fingerprint density at radius 2 is 1.70 bits per heavy atom. The van der Waals surface area contributed by atoms with Gasteiger partial charge in [0.05, 0.1) is 12.2 Å². The van der Waals surface area contributed by atoms with E-state index in [1.165, 1.54) is 6.42 Å². The summed E-state index contributed by atoms with van der Waals surface area (Å²) in [5.74, 6) is 2.51. The molecule has 4 fully saturated rings. The molecule has 0 aliphatic heterocycles. The van der Waals surface area contributed by atoms with Crippen molar-refractivity contribution in [1.82, 2.24) is 5.48 Å². The molecule has 4 rings (SSSR count). The van der Waals surface area contributed by atoms with Crippen molar-refractivity contribution in [3.05, 3.63) is 0 Å². The fourth-order valence-electron chi connectivity index (χ4n) is 9.41. The molecule has 0 radical (unpaired) electrons. The summed E-state index contributed by atoms with van der Waals surface area (Å²) in [6.07, 6.45) is 8.31. The molecule has 5 heteroatoms. The van der Waals surface area contributed by atoms with Gasteiger partial charge in [-0.15, -0.1) is 0 Å². The van der Waals surface area contributed by atoms with Gasteiger partial charge in [-0.05, 0) is 97.2 Å². The Hall–Kier alpha value is -0.650. The van der Waals surface area contributed by atoms with E-state index in [4.69, 9.17) is 5.21 Å². The van der Waals surface area contributed by atoms with E-state index in [0.29, 0.717) is 36.0 Å². The topological polar surface area (TPSA) is 89.8 Å². The summed E-state index contributed by atoms with van der Waals surface area (Å²) in [5.41, 5.74) is 2.20. The minimum absolute atomic E-state index is 0.160. The number of nitrogens with one attached hydrogen (secondary N) is 1. The summed E-state index contributed by atoms with van der Waals surface area (Å²) >= 11 is 0. The van der Waals surface area contributed by atoms with E-state index in [-0.39, 0.29) is 40.8 Å². The van der Waals surface area contributed by atoms with Crippen molar-refractivity contribution in [3.8, 4) is 0 Å². The first-order chi connectivity index (χ1) is 14.2. The summed E-state index contributed by atoms with van der Waals surface area (Å²) in [4.78, 5) is 11.8. The first-order valence-corrected chi connectivity index (χ1v) is 12.5. The van der Waals surface area contributed by atoms with Crippen LogP contribution in [0.15, 0.2) is 0 Å². The van der Waals surface area contributed by atoms with Crippen molar-refractivity contribution in [2.45, 2.75) is 97.7 Å². The zero-order valence-corrected chi connectivity index (χ0v) is 19.3. The molecule has 0 aromatic rings. The zero-order chi connectivity index (χ0) is 21.8. The van der Waals surface area contributed by atoms with Crippen LogP contribution in [0, 0.1) is 52.3 Å². The summed E-state index contributed by atoms with van der Waals surface area (Å²) in [6, 6.07) is 0. The van der Waals surface area contributed by atoms with Crippen LogP contribution in [0.5, 0.6) is 0 Å². The maximum atomic E-state index is 11.8. The Kier molecular flexibility index (Phi) is 6.04. The van der Waals surface area contributed by atoms with Crippen molar-refractivity contribution >= 4 is 5.91 Å². The molecule has 1 amide bonds. The number of amides is 1. The summed E-state index contributed by atoms with van der Waals surface area (Å²) in [6.45, 7) is 9.26. The lowest BCUT2D eigenvalue weighted by Gasteiger charge is -2.64. The third-order valence-corrected chi connectivity index (χ3v) is 10.8. The predicted octanol–water partition coefficient (Wildman–Crippen LogP) is 4.14. The molecular weight excluding hydrogens is 378 g/mol. The highest BCUT2D eigenvalue weighted by Gasteiger charge is 2.64. The first kappa shape index (κ1) is 22.5. The number of hydroxylamine groups is 1. The molecule has 4 saturated carbocycles. The molecule has 0 spiro atoms. The molecule has 172 valence electrons. The normalized spacial score (nSPS) is 51.4. The number of aliphatic hydroxyl groups is 2. The van der Waals surface area contributed by atoms with Crippen LogP contribution in [-0.2, 0) is 4.79 Å². The SMILES string of the molecule is CC[C@H]1[C@@H](O)C2C3CCC([C@H](C)CC(=O)NO)[C@@]3(C)CCC2[C@@]2(C)CC[C@@H](O)C[C@@H]12. The van der Waals surface area contributed by atoms with E-state index in [2.05, 4.69) is 27.7 Å². The lowest BCUT2D eigenvalue weighted by molar-refractivity contribution is -0.203. The Labute approximate surface area is 182 Å². The number of rotatable bonds is 4. The van der Waals surface area contributed by atoms with Crippen LogP contribution in [0.1, 0.15) is 85.5 Å². The van der Waals surface area contributed by atoms with Gasteiger partial charge in [0.2, 0.25) is 5.91 Å². The fourth-order valence-corrected chi connectivity index (χ4v) is 9.41. The number of hydrogen-bond acceptors (Lipinski definition) is 4. The predicted molar refractivity (Wildman–Crippen MR) is 115 cm³/mol. The third kappa shape index (κ3) is 3.26. The average Bonchev–Trinajstić information content (AvgIpc) is 3.06. The van der Waals surface area contributed by atoms with Gasteiger partial charge in [0, 0.05) is 6.42 Å².